The Labute approximate surface area is 164 Å². The number of rotatable bonds is 7. The monoisotopic (exact) mass is 385 g/mol. The van der Waals surface area contributed by atoms with Gasteiger partial charge in [-0.15, -0.1) is 0 Å². The van der Waals surface area contributed by atoms with Gasteiger partial charge in [0.05, 0.1) is 5.56 Å². The van der Waals surface area contributed by atoms with Crippen molar-refractivity contribution in [2.24, 2.45) is 0 Å². The average Bonchev–Trinajstić information content (AvgIpc) is 2.72. The molecular weight excluding hydrogens is 362 g/mol. The number of ketones is 1. The molecule has 1 heterocycles. The van der Waals surface area contributed by atoms with Gasteiger partial charge in [-0.3, -0.25) is 9.59 Å². The number of carbonyl (C=O) groups is 2. The maximum atomic E-state index is 12.8. The number of amides is 1. The van der Waals surface area contributed by atoms with Gasteiger partial charge in [-0.25, -0.2) is 0 Å². The molecule has 0 unspecified atom stereocenters. The summed E-state index contributed by atoms with van der Waals surface area (Å²) in [5.41, 5.74) is 1.32. The van der Waals surface area contributed by atoms with Crippen molar-refractivity contribution in [2.75, 3.05) is 39.3 Å². The Morgan fingerprint density at radius 2 is 1.67 bits per heavy atom. The van der Waals surface area contributed by atoms with E-state index in [0.29, 0.717) is 28.3 Å². The molecule has 2 N–H and O–H groups in total. The lowest BCUT2D eigenvalue weighted by Crippen LogP contribution is -2.44. The van der Waals surface area contributed by atoms with Gasteiger partial charge in [0.15, 0.2) is 5.78 Å². The van der Waals surface area contributed by atoms with Crippen molar-refractivity contribution in [3.8, 4) is 0 Å². The third-order valence-corrected chi connectivity index (χ3v) is 4.92. The van der Waals surface area contributed by atoms with Gasteiger partial charge >= 0.3 is 0 Å². The molecular formula is C21H24ClN3O2. The van der Waals surface area contributed by atoms with E-state index in [1.165, 1.54) is 0 Å². The summed E-state index contributed by atoms with van der Waals surface area (Å²) in [7, 11) is 0. The molecule has 2 aromatic carbocycles. The van der Waals surface area contributed by atoms with Gasteiger partial charge < -0.3 is 15.5 Å². The first-order valence-corrected chi connectivity index (χ1v) is 9.63. The van der Waals surface area contributed by atoms with Crippen LogP contribution in [-0.4, -0.2) is 55.9 Å². The lowest BCUT2D eigenvalue weighted by Gasteiger charge is -2.27. The van der Waals surface area contributed by atoms with E-state index in [0.717, 1.165) is 39.1 Å². The molecule has 2 aromatic rings. The SMILES string of the molecule is O=C(NCCCN1CCNCC1)c1ccccc1C(=O)c1ccc(Cl)cc1. The van der Waals surface area contributed by atoms with Crippen LogP contribution in [0.1, 0.15) is 32.7 Å². The molecule has 1 fully saturated rings. The number of hydrogen-bond donors (Lipinski definition) is 2. The molecule has 1 aliphatic heterocycles. The van der Waals surface area contributed by atoms with Crippen LogP contribution in [0.2, 0.25) is 5.02 Å². The first-order valence-electron chi connectivity index (χ1n) is 9.26. The molecule has 0 aromatic heterocycles. The Morgan fingerprint density at radius 1 is 1.00 bits per heavy atom. The number of carbonyl (C=O) groups excluding carboxylic acids is 2. The van der Waals surface area contributed by atoms with Gasteiger partial charge in [-0.2, -0.15) is 0 Å². The van der Waals surface area contributed by atoms with Crippen LogP contribution in [0.4, 0.5) is 0 Å². The summed E-state index contributed by atoms with van der Waals surface area (Å²) in [5, 5.41) is 6.84. The number of halogens is 1. The second-order valence-electron chi connectivity index (χ2n) is 6.58. The third kappa shape index (κ3) is 5.39. The predicted molar refractivity (Wildman–Crippen MR) is 108 cm³/mol. The average molecular weight is 386 g/mol. The van der Waals surface area contributed by atoms with Gasteiger partial charge in [0.25, 0.3) is 5.91 Å². The van der Waals surface area contributed by atoms with Crippen molar-refractivity contribution in [1.82, 2.24) is 15.5 Å². The third-order valence-electron chi connectivity index (χ3n) is 4.67. The van der Waals surface area contributed by atoms with Crippen molar-refractivity contribution in [2.45, 2.75) is 6.42 Å². The lowest BCUT2D eigenvalue weighted by atomic mass is 9.98. The van der Waals surface area contributed by atoms with Gasteiger partial charge in [0, 0.05) is 48.9 Å². The zero-order chi connectivity index (χ0) is 19.1. The molecule has 6 heteroatoms. The molecule has 1 amide bonds. The van der Waals surface area contributed by atoms with E-state index >= 15 is 0 Å². The van der Waals surface area contributed by atoms with Crippen molar-refractivity contribution in [1.29, 1.82) is 0 Å². The minimum atomic E-state index is -0.215. The Balaban J connectivity index is 1.59. The summed E-state index contributed by atoms with van der Waals surface area (Å²) in [6.07, 6.45) is 0.888. The summed E-state index contributed by atoms with van der Waals surface area (Å²) in [5.74, 6) is -0.397. The molecule has 5 nitrogen and oxygen atoms in total. The van der Waals surface area contributed by atoms with Gasteiger partial charge in [0.1, 0.15) is 0 Å². The summed E-state index contributed by atoms with van der Waals surface area (Å²) >= 11 is 5.89. The smallest absolute Gasteiger partial charge is 0.252 e. The summed E-state index contributed by atoms with van der Waals surface area (Å²) in [6.45, 7) is 5.69. The summed E-state index contributed by atoms with van der Waals surface area (Å²) in [6, 6.07) is 13.6. The largest absolute Gasteiger partial charge is 0.352 e. The zero-order valence-corrected chi connectivity index (χ0v) is 16.0. The van der Waals surface area contributed by atoms with Crippen LogP contribution in [-0.2, 0) is 0 Å². The molecule has 0 atom stereocenters. The normalized spacial score (nSPS) is 14.7. The fraction of sp³-hybridized carbons (Fsp3) is 0.333. The van der Waals surface area contributed by atoms with Crippen LogP contribution in [0.3, 0.4) is 0 Å². The number of nitrogens with one attached hydrogen (secondary N) is 2. The van der Waals surface area contributed by atoms with Crippen LogP contribution in [0.15, 0.2) is 48.5 Å². The number of nitrogens with zero attached hydrogens (tertiary/aromatic N) is 1. The second kappa shape index (κ2) is 9.65. The fourth-order valence-corrected chi connectivity index (χ4v) is 3.30. The molecule has 142 valence electrons. The van der Waals surface area contributed by atoms with Gasteiger partial charge in [-0.05, 0) is 43.3 Å². The Hall–Kier alpha value is -2.21. The van der Waals surface area contributed by atoms with Gasteiger partial charge in [-0.1, -0.05) is 29.8 Å². The maximum Gasteiger partial charge on any atom is 0.252 e. The molecule has 0 saturated carbocycles. The van der Waals surface area contributed by atoms with E-state index < -0.39 is 0 Å². The second-order valence-corrected chi connectivity index (χ2v) is 7.02. The summed E-state index contributed by atoms with van der Waals surface area (Å²) in [4.78, 5) is 27.8. The quantitative estimate of drug-likeness (QED) is 0.568. The van der Waals surface area contributed by atoms with E-state index in [9.17, 15) is 9.59 Å². The van der Waals surface area contributed by atoms with Crippen molar-refractivity contribution >= 4 is 23.3 Å². The molecule has 3 rings (SSSR count). The molecule has 27 heavy (non-hydrogen) atoms. The van der Waals surface area contributed by atoms with Crippen LogP contribution in [0.5, 0.6) is 0 Å². The highest BCUT2D eigenvalue weighted by atomic mass is 35.5. The molecule has 0 aliphatic carbocycles. The van der Waals surface area contributed by atoms with Gasteiger partial charge in [0.2, 0.25) is 0 Å². The highest BCUT2D eigenvalue weighted by Gasteiger charge is 2.18. The minimum absolute atomic E-state index is 0.182. The van der Waals surface area contributed by atoms with E-state index in [2.05, 4.69) is 15.5 Å². The van der Waals surface area contributed by atoms with E-state index in [1.54, 1.807) is 48.5 Å². The van der Waals surface area contributed by atoms with Crippen LogP contribution in [0, 0.1) is 0 Å². The molecule has 0 bridgehead atoms. The molecule has 0 spiro atoms. The van der Waals surface area contributed by atoms with Crippen LogP contribution < -0.4 is 10.6 Å². The highest BCUT2D eigenvalue weighted by molar-refractivity contribution is 6.30. The van der Waals surface area contributed by atoms with Crippen LogP contribution in [0.25, 0.3) is 0 Å². The summed E-state index contributed by atoms with van der Waals surface area (Å²) < 4.78 is 0. The Morgan fingerprint density at radius 3 is 2.37 bits per heavy atom. The number of piperazine rings is 1. The standard InChI is InChI=1S/C21H24ClN3O2/c22-17-8-6-16(7-9-17)20(26)18-4-1-2-5-19(18)21(27)24-10-3-13-25-14-11-23-12-15-25/h1-2,4-9,23H,3,10-15H2,(H,24,27). The van der Waals surface area contributed by atoms with Crippen molar-refractivity contribution in [3.63, 3.8) is 0 Å². The molecule has 1 aliphatic rings. The zero-order valence-electron chi connectivity index (χ0n) is 15.2. The first kappa shape index (κ1) is 19.5. The number of hydrogen-bond acceptors (Lipinski definition) is 4. The first-order chi connectivity index (χ1) is 13.1. The molecule has 1 saturated heterocycles. The Kier molecular flexibility index (Phi) is 6.98. The van der Waals surface area contributed by atoms with Crippen molar-refractivity contribution in [3.05, 3.63) is 70.2 Å². The van der Waals surface area contributed by atoms with E-state index in [-0.39, 0.29) is 11.7 Å². The Bertz CT molecular complexity index is 786. The molecule has 0 radical (unpaired) electrons. The number of benzene rings is 2. The predicted octanol–water partition coefficient (Wildman–Crippen LogP) is 2.60. The van der Waals surface area contributed by atoms with E-state index in [1.807, 2.05) is 0 Å². The minimum Gasteiger partial charge on any atom is -0.352 e. The highest BCUT2D eigenvalue weighted by Crippen LogP contribution is 2.17. The lowest BCUT2D eigenvalue weighted by molar-refractivity contribution is 0.0940. The topological polar surface area (TPSA) is 61.4 Å². The van der Waals surface area contributed by atoms with E-state index in [4.69, 9.17) is 11.6 Å². The fourth-order valence-electron chi connectivity index (χ4n) is 3.17. The van der Waals surface area contributed by atoms with Crippen LogP contribution >= 0.6 is 11.6 Å². The maximum absolute atomic E-state index is 12.8. The van der Waals surface area contributed by atoms with Crippen molar-refractivity contribution < 1.29 is 9.59 Å².